The monoisotopic (exact) mass is 593 g/mol. The van der Waals surface area contributed by atoms with Crippen LogP contribution in [-0.2, 0) is 4.74 Å². The lowest BCUT2D eigenvalue weighted by Gasteiger charge is -2.27. The van der Waals surface area contributed by atoms with Gasteiger partial charge in [-0.2, -0.15) is 5.10 Å². The van der Waals surface area contributed by atoms with Gasteiger partial charge in [0.25, 0.3) is 0 Å². The molecule has 2 fully saturated rings. The highest BCUT2D eigenvalue weighted by molar-refractivity contribution is 5.88. The van der Waals surface area contributed by atoms with E-state index in [0.29, 0.717) is 23.6 Å². The van der Waals surface area contributed by atoms with Crippen molar-refractivity contribution in [2.45, 2.75) is 46.1 Å². The van der Waals surface area contributed by atoms with Gasteiger partial charge in [0.05, 0.1) is 5.52 Å². The second-order valence-corrected chi connectivity index (χ2v) is 12.7. The zero-order valence-electron chi connectivity index (χ0n) is 25.3. The molecule has 0 saturated carbocycles. The predicted octanol–water partition coefficient (Wildman–Crippen LogP) is 5.75. The molecule has 1 N–H and O–H groups in total. The van der Waals surface area contributed by atoms with Gasteiger partial charge in [-0.05, 0) is 82.5 Å². The van der Waals surface area contributed by atoms with Crippen LogP contribution in [0.5, 0.6) is 11.5 Å². The second-order valence-electron chi connectivity index (χ2n) is 12.7. The van der Waals surface area contributed by atoms with Crippen LogP contribution in [0.2, 0.25) is 0 Å². The summed E-state index contributed by atoms with van der Waals surface area (Å²) in [5, 5.41) is 7.56. The molecule has 6 heterocycles. The number of benzene rings is 1. The Kier molecular flexibility index (Phi) is 6.71. The first-order valence-electron chi connectivity index (χ1n) is 14.8. The molecule has 4 aromatic heterocycles. The molecule has 1 amide bonds. The van der Waals surface area contributed by atoms with E-state index in [9.17, 15) is 4.79 Å². The Balaban J connectivity index is 1.06. The van der Waals surface area contributed by atoms with Crippen LogP contribution in [0.4, 0.5) is 22.1 Å². The van der Waals surface area contributed by atoms with Gasteiger partial charge >= 0.3 is 6.09 Å². The lowest BCUT2D eigenvalue weighted by atomic mass is 9.86. The highest BCUT2D eigenvalue weighted by Crippen LogP contribution is 2.41. The number of likely N-dealkylation sites (tertiary alicyclic amines) is 1. The number of rotatable bonds is 5. The van der Waals surface area contributed by atoms with E-state index >= 15 is 0 Å². The maximum Gasteiger partial charge on any atom is 0.410 e. The number of hydrogen-bond acceptors (Lipinski definition) is 10. The molecule has 2 saturated heterocycles. The summed E-state index contributed by atoms with van der Waals surface area (Å²) in [4.78, 5) is 35.1. The average molecular weight is 594 g/mol. The zero-order valence-corrected chi connectivity index (χ0v) is 25.3. The number of carbonyl (C=O) groups is 1. The first-order valence-corrected chi connectivity index (χ1v) is 14.8. The number of fused-ring (bicyclic) bond motifs is 2. The number of carbonyl (C=O) groups excluding carboxylic acids is 1. The number of ether oxygens (including phenoxy) is 2. The molecule has 12 nitrogen and oxygen atoms in total. The summed E-state index contributed by atoms with van der Waals surface area (Å²) in [6.07, 6.45) is 6.61. The largest absolute Gasteiger partial charge is 0.457 e. The van der Waals surface area contributed by atoms with Gasteiger partial charge in [-0.1, -0.05) is 0 Å². The van der Waals surface area contributed by atoms with Crippen molar-refractivity contribution in [1.29, 1.82) is 0 Å². The minimum absolute atomic E-state index is 0.0460. The Morgan fingerprint density at radius 3 is 2.68 bits per heavy atom. The SMILES string of the molecule is Cc1cc(Nc2ncnc3ccc(N4CCC5(CCN(C(=O)OC(C)(C)C)C5)C4)nc23)ccc1Oc1ccn2ncnc2c1. The summed E-state index contributed by atoms with van der Waals surface area (Å²) in [5.41, 5.74) is 3.55. The van der Waals surface area contributed by atoms with E-state index in [1.54, 1.807) is 10.8 Å². The summed E-state index contributed by atoms with van der Waals surface area (Å²) < 4.78 is 13.4. The van der Waals surface area contributed by atoms with E-state index < -0.39 is 5.60 Å². The Morgan fingerprint density at radius 2 is 1.84 bits per heavy atom. The third-order valence-electron chi connectivity index (χ3n) is 8.24. The fourth-order valence-corrected chi connectivity index (χ4v) is 6.04. The number of anilines is 3. The fourth-order valence-electron chi connectivity index (χ4n) is 6.04. The molecule has 44 heavy (non-hydrogen) atoms. The van der Waals surface area contributed by atoms with Crippen molar-refractivity contribution >= 4 is 40.1 Å². The van der Waals surface area contributed by atoms with Crippen molar-refractivity contribution in [2.24, 2.45) is 5.41 Å². The van der Waals surface area contributed by atoms with Gasteiger partial charge in [-0.15, -0.1) is 0 Å². The minimum Gasteiger partial charge on any atom is -0.457 e. The van der Waals surface area contributed by atoms with Gasteiger partial charge in [0.1, 0.15) is 41.1 Å². The van der Waals surface area contributed by atoms with Crippen molar-refractivity contribution in [3.63, 3.8) is 0 Å². The summed E-state index contributed by atoms with van der Waals surface area (Å²) in [6, 6.07) is 13.6. The summed E-state index contributed by atoms with van der Waals surface area (Å²) in [5.74, 6) is 2.94. The van der Waals surface area contributed by atoms with Crippen molar-refractivity contribution in [2.75, 3.05) is 36.4 Å². The molecule has 1 aromatic carbocycles. The van der Waals surface area contributed by atoms with Gasteiger partial charge in [0.2, 0.25) is 0 Å². The van der Waals surface area contributed by atoms with E-state index in [1.165, 1.54) is 6.33 Å². The van der Waals surface area contributed by atoms with Crippen LogP contribution in [0.25, 0.3) is 16.7 Å². The average Bonchev–Trinajstić information content (AvgIpc) is 3.74. The van der Waals surface area contributed by atoms with Gasteiger partial charge in [-0.3, -0.25) is 0 Å². The first kappa shape index (κ1) is 27.8. The Hall–Kier alpha value is -5.00. The minimum atomic E-state index is -0.500. The van der Waals surface area contributed by atoms with Crippen molar-refractivity contribution in [3.05, 3.63) is 66.9 Å². The predicted molar refractivity (Wildman–Crippen MR) is 167 cm³/mol. The molecule has 0 bridgehead atoms. The van der Waals surface area contributed by atoms with Crippen LogP contribution >= 0.6 is 0 Å². The maximum absolute atomic E-state index is 12.7. The number of amides is 1. The Morgan fingerprint density at radius 1 is 0.977 bits per heavy atom. The molecule has 1 unspecified atom stereocenters. The highest BCUT2D eigenvalue weighted by atomic mass is 16.6. The van der Waals surface area contributed by atoms with Crippen molar-refractivity contribution < 1.29 is 14.3 Å². The molecule has 226 valence electrons. The van der Waals surface area contributed by atoms with E-state index in [0.717, 1.165) is 66.5 Å². The highest BCUT2D eigenvalue weighted by Gasteiger charge is 2.46. The Labute approximate surface area is 255 Å². The van der Waals surface area contributed by atoms with Crippen LogP contribution in [-0.4, -0.2) is 72.3 Å². The van der Waals surface area contributed by atoms with E-state index in [1.807, 2.05) is 81.3 Å². The maximum atomic E-state index is 12.7. The van der Waals surface area contributed by atoms with Crippen LogP contribution in [0.3, 0.4) is 0 Å². The lowest BCUT2D eigenvalue weighted by molar-refractivity contribution is 0.0276. The second kappa shape index (κ2) is 10.6. The van der Waals surface area contributed by atoms with E-state index in [2.05, 4.69) is 30.3 Å². The smallest absolute Gasteiger partial charge is 0.410 e. The summed E-state index contributed by atoms with van der Waals surface area (Å²) in [7, 11) is 0. The van der Waals surface area contributed by atoms with Crippen LogP contribution in [0, 0.1) is 12.3 Å². The number of nitrogens with zero attached hydrogens (tertiary/aromatic N) is 8. The van der Waals surface area contributed by atoms with E-state index in [-0.39, 0.29) is 11.5 Å². The standard InChI is InChI=1S/C32H35N9O3/c1-21-15-22(5-7-25(21)43-23-9-12-41-27(16-23)34-20-36-41)37-29-28-24(33-19-35-29)6-8-26(38-28)39-13-10-32(17-39)11-14-40(18-32)30(42)44-31(2,3)4/h5-9,12,15-16,19-20H,10-11,13-14,17-18H2,1-4H3,(H,33,35,37). The van der Waals surface area contributed by atoms with Gasteiger partial charge in [0.15, 0.2) is 11.5 Å². The zero-order chi connectivity index (χ0) is 30.5. The molecule has 0 radical (unpaired) electrons. The third kappa shape index (κ3) is 5.54. The van der Waals surface area contributed by atoms with Crippen molar-refractivity contribution in [3.8, 4) is 11.5 Å². The molecule has 5 aromatic rings. The molecule has 12 heteroatoms. The third-order valence-corrected chi connectivity index (χ3v) is 8.24. The molecule has 0 aliphatic carbocycles. The van der Waals surface area contributed by atoms with Crippen LogP contribution < -0.4 is 15.0 Å². The van der Waals surface area contributed by atoms with Crippen LogP contribution in [0.1, 0.15) is 39.2 Å². The lowest BCUT2D eigenvalue weighted by Crippen LogP contribution is -2.37. The molecular weight excluding hydrogens is 558 g/mol. The van der Waals surface area contributed by atoms with Crippen molar-refractivity contribution in [1.82, 2.24) is 34.4 Å². The molecular formula is C32H35N9O3. The van der Waals surface area contributed by atoms with Crippen LogP contribution in [0.15, 0.2) is 61.3 Å². The first-order chi connectivity index (χ1) is 21.1. The Bertz CT molecular complexity index is 1870. The summed E-state index contributed by atoms with van der Waals surface area (Å²) >= 11 is 0. The molecule has 7 rings (SSSR count). The van der Waals surface area contributed by atoms with E-state index in [4.69, 9.17) is 14.5 Å². The number of aryl methyl sites for hydroxylation is 1. The number of pyridine rings is 2. The summed E-state index contributed by atoms with van der Waals surface area (Å²) in [6.45, 7) is 10.8. The number of hydrogen-bond donors (Lipinski definition) is 1. The molecule has 2 aliphatic rings. The van der Waals surface area contributed by atoms with Gasteiger partial charge in [-0.25, -0.2) is 29.2 Å². The van der Waals surface area contributed by atoms with Gasteiger partial charge < -0.3 is 24.6 Å². The number of aromatic nitrogens is 6. The molecule has 1 spiro atoms. The molecule has 1 atom stereocenters. The normalized spacial score (nSPS) is 18.5. The molecule has 2 aliphatic heterocycles. The van der Waals surface area contributed by atoms with Gasteiger partial charge in [0, 0.05) is 49.5 Å². The quantitative estimate of drug-likeness (QED) is 0.269. The number of nitrogens with one attached hydrogen (secondary N) is 1. The fraction of sp³-hybridized carbons (Fsp3) is 0.375. The topological polar surface area (TPSA) is 123 Å².